The van der Waals surface area contributed by atoms with Crippen LogP contribution in [0.5, 0.6) is 0 Å². The molecular formula is C19H29N. The van der Waals surface area contributed by atoms with Gasteiger partial charge in [-0.25, -0.2) is 0 Å². The summed E-state index contributed by atoms with van der Waals surface area (Å²) in [6, 6.07) is 9.85. The van der Waals surface area contributed by atoms with E-state index < -0.39 is 0 Å². The third kappa shape index (κ3) is 1.94. The molecule has 1 aromatic carbocycles. The Bertz CT molecular complexity index is 482. The van der Waals surface area contributed by atoms with E-state index in [0.717, 1.165) is 11.8 Å². The Labute approximate surface area is 124 Å². The SMILES string of the molecule is CNC(c1cccc(C2CCC2)c1)C1C(C)(C)C1(C)C. The van der Waals surface area contributed by atoms with Crippen molar-refractivity contribution in [3.05, 3.63) is 35.4 Å². The molecule has 0 spiro atoms. The number of rotatable bonds is 4. The summed E-state index contributed by atoms with van der Waals surface area (Å²) in [6.07, 6.45) is 4.18. The second-order valence-corrected chi connectivity index (χ2v) is 7.99. The molecule has 1 aromatic rings. The van der Waals surface area contributed by atoms with Crippen LogP contribution in [-0.4, -0.2) is 7.05 Å². The van der Waals surface area contributed by atoms with Gasteiger partial charge in [-0.05, 0) is 53.7 Å². The molecule has 1 nitrogen and oxygen atoms in total. The summed E-state index contributed by atoms with van der Waals surface area (Å²) < 4.78 is 0. The third-order valence-electron chi connectivity index (χ3n) is 6.62. The van der Waals surface area contributed by atoms with Gasteiger partial charge in [0.15, 0.2) is 0 Å². The molecule has 2 saturated carbocycles. The van der Waals surface area contributed by atoms with Crippen LogP contribution in [0.25, 0.3) is 0 Å². The van der Waals surface area contributed by atoms with Crippen LogP contribution >= 0.6 is 0 Å². The zero-order valence-corrected chi connectivity index (χ0v) is 13.7. The molecule has 20 heavy (non-hydrogen) atoms. The topological polar surface area (TPSA) is 12.0 Å². The molecule has 110 valence electrons. The molecule has 1 N–H and O–H groups in total. The average Bonchev–Trinajstić information content (AvgIpc) is 2.72. The summed E-state index contributed by atoms with van der Waals surface area (Å²) in [5.41, 5.74) is 3.89. The van der Waals surface area contributed by atoms with Gasteiger partial charge in [0.05, 0.1) is 0 Å². The second kappa shape index (κ2) is 4.59. The van der Waals surface area contributed by atoms with Gasteiger partial charge in [0, 0.05) is 6.04 Å². The van der Waals surface area contributed by atoms with Gasteiger partial charge in [-0.15, -0.1) is 0 Å². The Morgan fingerprint density at radius 2 is 1.75 bits per heavy atom. The minimum atomic E-state index is 0.424. The molecule has 0 amide bonds. The quantitative estimate of drug-likeness (QED) is 0.821. The first kappa shape index (κ1) is 14.1. The van der Waals surface area contributed by atoms with Gasteiger partial charge in [-0.3, -0.25) is 0 Å². The summed E-state index contributed by atoms with van der Waals surface area (Å²) in [5.74, 6) is 1.55. The number of benzene rings is 1. The van der Waals surface area contributed by atoms with Gasteiger partial charge < -0.3 is 5.32 Å². The molecule has 0 heterocycles. The van der Waals surface area contributed by atoms with Crippen molar-refractivity contribution in [2.45, 2.75) is 58.9 Å². The van der Waals surface area contributed by atoms with E-state index in [1.165, 1.54) is 24.8 Å². The zero-order chi connectivity index (χ0) is 14.5. The second-order valence-electron chi connectivity index (χ2n) is 7.99. The van der Waals surface area contributed by atoms with Gasteiger partial charge in [0.25, 0.3) is 0 Å². The van der Waals surface area contributed by atoms with Crippen molar-refractivity contribution in [3.63, 3.8) is 0 Å². The molecule has 1 atom stereocenters. The van der Waals surface area contributed by atoms with Crippen molar-refractivity contribution in [1.29, 1.82) is 0 Å². The highest BCUT2D eigenvalue weighted by atomic mass is 14.9. The third-order valence-corrected chi connectivity index (χ3v) is 6.62. The Morgan fingerprint density at radius 1 is 1.10 bits per heavy atom. The predicted octanol–water partition coefficient (Wildman–Crippen LogP) is 4.90. The summed E-state index contributed by atoms with van der Waals surface area (Å²) in [7, 11) is 2.12. The van der Waals surface area contributed by atoms with Crippen molar-refractivity contribution in [1.82, 2.24) is 5.32 Å². The first-order valence-electron chi connectivity index (χ1n) is 8.16. The van der Waals surface area contributed by atoms with Crippen LogP contribution in [0.1, 0.15) is 70.0 Å². The minimum absolute atomic E-state index is 0.424. The maximum absolute atomic E-state index is 3.59. The first-order valence-corrected chi connectivity index (χ1v) is 8.16. The van der Waals surface area contributed by atoms with Crippen molar-refractivity contribution >= 4 is 0 Å². The van der Waals surface area contributed by atoms with Gasteiger partial charge in [0.1, 0.15) is 0 Å². The molecule has 3 rings (SSSR count). The summed E-state index contributed by atoms with van der Waals surface area (Å²) in [4.78, 5) is 0. The fraction of sp³-hybridized carbons (Fsp3) is 0.684. The molecule has 1 heteroatoms. The maximum atomic E-state index is 3.59. The molecule has 0 aliphatic heterocycles. The summed E-state index contributed by atoms with van der Waals surface area (Å²) in [6.45, 7) is 9.66. The van der Waals surface area contributed by atoms with Crippen LogP contribution in [-0.2, 0) is 0 Å². The van der Waals surface area contributed by atoms with Crippen LogP contribution in [0.2, 0.25) is 0 Å². The molecule has 0 bridgehead atoms. The Balaban J connectivity index is 1.87. The van der Waals surface area contributed by atoms with E-state index in [4.69, 9.17) is 0 Å². The summed E-state index contributed by atoms with van der Waals surface area (Å²) >= 11 is 0. The average molecular weight is 271 g/mol. The van der Waals surface area contributed by atoms with Crippen molar-refractivity contribution in [2.24, 2.45) is 16.7 Å². The predicted molar refractivity (Wildman–Crippen MR) is 85.9 cm³/mol. The number of hydrogen-bond acceptors (Lipinski definition) is 1. The van der Waals surface area contributed by atoms with Crippen LogP contribution in [0.3, 0.4) is 0 Å². The minimum Gasteiger partial charge on any atom is -0.313 e. The number of hydrogen-bond donors (Lipinski definition) is 1. The van der Waals surface area contributed by atoms with Crippen molar-refractivity contribution in [3.8, 4) is 0 Å². The van der Waals surface area contributed by atoms with Crippen molar-refractivity contribution in [2.75, 3.05) is 7.05 Å². The molecular weight excluding hydrogens is 242 g/mol. The highest BCUT2D eigenvalue weighted by molar-refractivity contribution is 5.33. The number of nitrogens with one attached hydrogen (secondary N) is 1. The van der Waals surface area contributed by atoms with Gasteiger partial charge in [-0.2, -0.15) is 0 Å². The largest absolute Gasteiger partial charge is 0.313 e. The lowest BCUT2D eigenvalue weighted by Gasteiger charge is -2.27. The standard InChI is InChI=1S/C19H29N/c1-18(2)17(19(18,3)4)16(20-5)15-11-7-10-14(12-15)13-8-6-9-13/h7,10-13,16-17,20H,6,8-9H2,1-5H3. The maximum Gasteiger partial charge on any atom is 0.0356 e. The van der Waals surface area contributed by atoms with E-state index in [0.29, 0.717) is 16.9 Å². The Morgan fingerprint density at radius 3 is 2.20 bits per heavy atom. The van der Waals surface area contributed by atoms with E-state index in [2.05, 4.69) is 64.3 Å². The molecule has 0 aromatic heterocycles. The lowest BCUT2D eigenvalue weighted by Crippen LogP contribution is -2.22. The zero-order valence-electron chi connectivity index (χ0n) is 13.7. The molecule has 1 unspecified atom stereocenters. The smallest absolute Gasteiger partial charge is 0.0356 e. The normalized spacial score (nSPS) is 26.1. The van der Waals surface area contributed by atoms with E-state index in [-0.39, 0.29) is 0 Å². The van der Waals surface area contributed by atoms with Crippen LogP contribution in [0, 0.1) is 16.7 Å². The fourth-order valence-corrected chi connectivity index (χ4v) is 4.35. The van der Waals surface area contributed by atoms with E-state index >= 15 is 0 Å². The van der Waals surface area contributed by atoms with Crippen LogP contribution in [0.4, 0.5) is 0 Å². The Kier molecular flexibility index (Phi) is 3.25. The van der Waals surface area contributed by atoms with Crippen LogP contribution in [0.15, 0.2) is 24.3 Å². The van der Waals surface area contributed by atoms with Gasteiger partial charge in [-0.1, -0.05) is 58.4 Å². The lowest BCUT2D eigenvalue weighted by molar-refractivity contribution is 0.415. The van der Waals surface area contributed by atoms with Crippen LogP contribution < -0.4 is 5.32 Å². The molecule has 0 saturated heterocycles. The molecule has 0 radical (unpaired) electrons. The van der Waals surface area contributed by atoms with E-state index in [9.17, 15) is 0 Å². The molecule has 2 fully saturated rings. The summed E-state index contributed by atoms with van der Waals surface area (Å²) in [5, 5.41) is 3.59. The monoisotopic (exact) mass is 271 g/mol. The van der Waals surface area contributed by atoms with Gasteiger partial charge >= 0.3 is 0 Å². The lowest BCUT2D eigenvalue weighted by atomic mass is 9.79. The van der Waals surface area contributed by atoms with E-state index in [1.807, 2.05) is 0 Å². The highest BCUT2D eigenvalue weighted by Crippen LogP contribution is 2.72. The van der Waals surface area contributed by atoms with E-state index in [1.54, 1.807) is 5.56 Å². The Hall–Kier alpha value is -0.820. The first-order chi connectivity index (χ1) is 9.39. The van der Waals surface area contributed by atoms with Crippen molar-refractivity contribution < 1.29 is 0 Å². The molecule has 2 aliphatic carbocycles. The molecule has 2 aliphatic rings. The fourth-order valence-electron chi connectivity index (χ4n) is 4.35. The highest BCUT2D eigenvalue weighted by Gasteiger charge is 2.67. The van der Waals surface area contributed by atoms with Gasteiger partial charge in [0.2, 0.25) is 0 Å².